The van der Waals surface area contributed by atoms with Crippen molar-refractivity contribution in [2.24, 2.45) is 0 Å². The molecular weight excluding hydrogens is 232 g/mol. The average Bonchev–Trinajstić information content (AvgIpc) is 1.95. The van der Waals surface area contributed by atoms with Crippen LogP contribution >= 0.6 is 0 Å². The summed E-state index contributed by atoms with van der Waals surface area (Å²) in [5, 5.41) is 0.239. The van der Waals surface area contributed by atoms with Gasteiger partial charge >= 0.3 is 0 Å². The maximum absolute atomic E-state index is 5.98. The molecule has 0 rings (SSSR count). The van der Waals surface area contributed by atoms with E-state index in [9.17, 15) is 0 Å². The maximum Gasteiger partial charge on any atom is 0.249 e. The van der Waals surface area contributed by atoms with Gasteiger partial charge < -0.3 is 8.85 Å². The second kappa shape index (κ2) is 4.96. The summed E-state index contributed by atoms with van der Waals surface area (Å²) in [4.78, 5) is 0. The molecule has 0 aliphatic rings. The number of hydrogen-bond donors (Lipinski definition) is 0. The minimum Gasteiger partial charge on any atom is -0.546 e. The lowest BCUT2D eigenvalue weighted by Crippen LogP contribution is -2.39. The first-order chi connectivity index (χ1) is 6.85. The lowest BCUT2D eigenvalue weighted by Gasteiger charge is -2.35. The minimum atomic E-state index is -1.68. The fourth-order valence-corrected chi connectivity index (χ4v) is 2.74. The van der Waals surface area contributed by atoms with Crippen LogP contribution in [0.3, 0.4) is 0 Å². The molecule has 0 aliphatic carbocycles. The van der Waals surface area contributed by atoms with E-state index >= 15 is 0 Å². The van der Waals surface area contributed by atoms with Gasteiger partial charge in [0.15, 0.2) is 0 Å². The molecule has 0 amide bonds. The number of allylic oxidation sites excluding steroid dienone is 1. The van der Waals surface area contributed by atoms with Gasteiger partial charge in [-0.3, -0.25) is 0 Å². The monoisotopic (exact) mass is 260 g/mol. The van der Waals surface area contributed by atoms with Crippen molar-refractivity contribution in [1.82, 2.24) is 0 Å². The van der Waals surface area contributed by atoms with E-state index in [1.807, 2.05) is 13.2 Å². The lowest BCUT2D eigenvalue weighted by atomic mass is 10.2. The van der Waals surface area contributed by atoms with E-state index in [0.717, 1.165) is 5.76 Å². The molecule has 0 heterocycles. The molecule has 0 aromatic rings. The Kier molecular flexibility index (Phi) is 4.89. The van der Waals surface area contributed by atoms with Crippen LogP contribution in [0.15, 0.2) is 12.0 Å². The van der Waals surface area contributed by atoms with Crippen molar-refractivity contribution in [3.63, 3.8) is 0 Å². The summed E-state index contributed by atoms with van der Waals surface area (Å²) in [7, 11) is -3.18. The molecule has 0 saturated carbocycles. The van der Waals surface area contributed by atoms with Crippen molar-refractivity contribution in [2.45, 2.75) is 65.5 Å². The van der Waals surface area contributed by atoms with Crippen LogP contribution in [-0.4, -0.2) is 16.6 Å². The summed E-state index contributed by atoms with van der Waals surface area (Å²) in [6, 6.07) is 0. The van der Waals surface area contributed by atoms with Gasteiger partial charge in [0.25, 0.3) is 0 Å². The minimum absolute atomic E-state index is 0.239. The zero-order chi connectivity index (χ0) is 13.2. The van der Waals surface area contributed by atoms with E-state index in [1.165, 1.54) is 0 Å². The molecule has 0 aliphatic heterocycles. The van der Waals surface area contributed by atoms with Crippen LogP contribution in [0.1, 0.15) is 27.7 Å². The molecule has 0 spiro atoms. The molecule has 0 aromatic heterocycles. The fraction of sp³-hybridized carbons (Fsp3) is 0.833. The second-order valence-electron chi connectivity index (χ2n) is 6.82. The third-order valence-electron chi connectivity index (χ3n) is 2.79. The molecule has 0 saturated heterocycles. The number of rotatable bonds is 4. The van der Waals surface area contributed by atoms with Gasteiger partial charge in [0.05, 0.1) is 0 Å². The van der Waals surface area contributed by atoms with E-state index in [-0.39, 0.29) is 5.04 Å². The highest BCUT2D eigenvalue weighted by Gasteiger charge is 2.38. The first-order valence-corrected chi connectivity index (χ1v) is 12.2. The smallest absolute Gasteiger partial charge is 0.249 e. The van der Waals surface area contributed by atoms with E-state index in [2.05, 4.69) is 53.5 Å². The van der Waals surface area contributed by atoms with Gasteiger partial charge in [-0.25, -0.2) is 0 Å². The first-order valence-electron chi connectivity index (χ1n) is 5.89. The normalized spacial score (nSPS) is 14.9. The highest BCUT2D eigenvalue weighted by Crippen LogP contribution is 2.36. The number of hydrogen-bond acceptors (Lipinski definition) is 2. The van der Waals surface area contributed by atoms with Crippen LogP contribution in [0.2, 0.25) is 37.8 Å². The van der Waals surface area contributed by atoms with E-state index in [1.54, 1.807) is 0 Å². The Morgan fingerprint density at radius 3 is 1.75 bits per heavy atom. The maximum atomic E-state index is 5.98. The lowest BCUT2D eigenvalue weighted by molar-refractivity contribution is 0.363. The SMILES string of the molecule is C/C(=C\O[Si](C)(C)C(C)(C)C)O[Si](C)(C)C. The standard InChI is InChI=1S/C12H28O2Si2/c1-11(14-15(5,6)7)10-13-16(8,9)12(2,3)4/h10H,1-9H3/b11-10+. The van der Waals surface area contributed by atoms with E-state index in [4.69, 9.17) is 8.85 Å². The van der Waals surface area contributed by atoms with Gasteiger partial charge in [0, 0.05) is 0 Å². The van der Waals surface area contributed by atoms with Crippen molar-refractivity contribution in [2.75, 3.05) is 0 Å². The Labute approximate surface area is 103 Å². The van der Waals surface area contributed by atoms with Crippen LogP contribution in [-0.2, 0) is 8.85 Å². The van der Waals surface area contributed by atoms with Crippen LogP contribution in [0, 0.1) is 0 Å². The van der Waals surface area contributed by atoms with Gasteiger partial charge in [0.2, 0.25) is 16.6 Å². The first kappa shape index (κ1) is 15.8. The molecule has 0 atom stereocenters. The molecule has 0 fully saturated rings. The molecule has 0 unspecified atom stereocenters. The quantitative estimate of drug-likeness (QED) is 0.538. The molecule has 2 nitrogen and oxygen atoms in total. The van der Waals surface area contributed by atoms with Crippen molar-refractivity contribution in [3.05, 3.63) is 12.0 Å². The highest BCUT2D eigenvalue weighted by atomic mass is 28.4. The largest absolute Gasteiger partial charge is 0.546 e. The van der Waals surface area contributed by atoms with Gasteiger partial charge in [-0.15, -0.1) is 0 Å². The van der Waals surface area contributed by atoms with Crippen molar-refractivity contribution >= 4 is 16.6 Å². The average molecular weight is 261 g/mol. The summed E-state index contributed by atoms with van der Waals surface area (Å²) >= 11 is 0. The Balaban J connectivity index is 4.49. The van der Waals surface area contributed by atoms with Gasteiger partial charge in [-0.2, -0.15) is 0 Å². The zero-order valence-corrected chi connectivity index (χ0v) is 14.4. The van der Waals surface area contributed by atoms with Crippen molar-refractivity contribution < 1.29 is 8.85 Å². The van der Waals surface area contributed by atoms with E-state index < -0.39 is 16.6 Å². The Morgan fingerprint density at radius 1 is 1.00 bits per heavy atom. The summed E-state index contributed by atoms with van der Waals surface area (Å²) in [5.41, 5.74) is 0. The predicted molar refractivity (Wildman–Crippen MR) is 76.5 cm³/mol. The molecule has 0 bridgehead atoms. The molecule has 16 heavy (non-hydrogen) atoms. The van der Waals surface area contributed by atoms with Crippen molar-refractivity contribution in [1.29, 1.82) is 0 Å². The van der Waals surface area contributed by atoms with Crippen LogP contribution in [0.25, 0.3) is 0 Å². The van der Waals surface area contributed by atoms with E-state index in [0.29, 0.717) is 0 Å². The second-order valence-corrected chi connectivity index (χ2v) is 16.0. The van der Waals surface area contributed by atoms with Gasteiger partial charge in [-0.1, -0.05) is 20.8 Å². The van der Waals surface area contributed by atoms with Gasteiger partial charge in [-0.05, 0) is 44.7 Å². The molecule has 4 heteroatoms. The predicted octanol–water partition coefficient (Wildman–Crippen LogP) is 4.72. The summed E-state index contributed by atoms with van der Waals surface area (Å²) < 4.78 is 11.8. The third-order valence-corrected chi connectivity index (χ3v) is 8.05. The molecular formula is C12H28O2Si2. The van der Waals surface area contributed by atoms with Crippen LogP contribution < -0.4 is 0 Å². The zero-order valence-electron chi connectivity index (χ0n) is 12.4. The highest BCUT2D eigenvalue weighted by molar-refractivity contribution is 6.74. The Morgan fingerprint density at radius 2 is 1.44 bits per heavy atom. The Hall–Kier alpha value is -0.226. The van der Waals surface area contributed by atoms with Crippen LogP contribution in [0.4, 0.5) is 0 Å². The van der Waals surface area contributed by atoms with Gasteiger partial charge in [0.1, 0.15) is 12.0 Å². The fourth-order valence-electron chi connectivity index (χ4n) is 0.914. The summed E-state index contributed by atoms with van der Waals surface area (Å²) in [6.45, 7) is 19.7. The molecule has 0 radical (unpaired) electrons. The summed E-state index contributed by atoms with van der Waals surface area (Å²) in [5.74, 6) is 0.906. The summed E-state index contributed by atoms with van der Waals surface area (Å²) in [6.07, 6.45) is 1.82. The van der Waals surface area contributed by atoms with Crippen molar-refractivity contribution in [3.8, 4) is 0 Å². The Bertz CT molecular complexity index is 257. The molecule has 96 valence electrons. The van der Waals surface area contributed by atoms with Crippen LogP contribution in [0.5, 0.6) is 0 Å². The molecule has 0 aromatic carbocycles. The third kappa shape index (κ3) is 5.75. The topological polar surface area (TPSA) is 18.5 Å². The molecule has 0 N–H and O–H groups in total.